The predicted molar refractivity (Wildman–Crippen MR) is 71.9 cm³/mol. The van der Waals surface area contributed by atoms with Crippen LogP contribution in [0.1, 0.15) is 18.9 Å². The summed E-state index contributed by atoms with van der Waals surface area (Å²) >= 11 is 7.62. The molecule has 0 heterocycles. The lowest BCUT2D eigenvalue weighted by Crippen LogP contribution is -2.40. The third-order valence-corrected chi connectivity index (χ3v) is 3.64. The molecule has 1 aromatic rings. The summed E-state index contributed by atoms with van der Waals surface area (Å²) in [4.78, 5) is 0. The third kappa shape index (κ3) is 5.21. The number of hydrogen-bond donors (Lipinski definition) is 2. The first kappa shape index (κ1) is 13.8. The lowest BCUT2D eigenvalue weighted by molar-refractivity contribution is 0.206. The van der Waals surface area contributed by atoms with Crippen molar-refractivity contribution >= 4 is 23.4 Å². The number of benzene rings is 1. The monoisotopic (exact) mass is 259 g/mol. The summed E-state index contributed by atoms with van der Waals surface area (Å²) in [6, 6.07) is 7.86. The molecular weight excluding hydrogens is 242 g/mol. The van der Waals surface area contributed by atoms with Crippen LogP contribution < -0.4 is 5.73 Å². The third-order valence-electron chi connectivity index (χ3n) is 2.36. The fraction of sp³-hybridized carbons (Fsp3) is 0.500. The van der Waals surface area contributed by atoms with Crippen LogP contribution >= 0.6 is 23.4 Å². The van der Waals surface area contributed by atoms with Gasteiger partial charge in [0.2, 0.25) is 0 Å². The summed E-state index contributed by atoms with van der Waals surface area (Å²) < 4.78 is 0. The van der Waals surface area contributed by atoms with Crippen molar-refractivity contribution in [2.24, 2.45) is 5.73 Å². The maximum Gasteiger partial charge on any atom is 0.0608 e. The summed E-state index contributed by atoms with van der Waals surface area (Å²) in [5.74, 6) is 1.91. The van der Waals surface area contributed by atoms with E-state index in [0.717, 1.165) is 22.9 Å². The van der Waals surface area contributed by atoms with Gasteiger partial charge in [-0.25, -0.2) is 0 Å². The largest absolute Gasteiger partial charge is 0.394 e. The highest BCUT2D eigenvalue weighted by atomic mass is 35.5. The first-order chi connectivity index (χ1) is 7.53. The lowest BCUT2D eigenvalue weighted by atomic mass is 10.0. The summed E-state index contributed by atoms with van der Waals surface area (Å²) in [5.41, 5.74) is 6.64. The van der Waals surface area contributed by atoms with Crippen LogP contribution in [0.25, 0.3) is 0 Å². The molecule has 0 saturated carbocycles. The molecule has 90 valence electrons. The van der Waals surface area contributed by atoms with Crippen molar-refractivity contribution in [2.45, 2.75) is 24.6 Å². The molecule has 1 unspecified atom stereocenters. The molecule has 0 saturated heterocycles. The smallest absolute Gasteiger partial charge is 0.0608 e. The second-order valence-electron chi connectivity index (χ2n) is 4.24. The Kier molecular flexibility index (Phi) is 5.62. The lowest BCUT2D eigenvalue weighted by Gasteiger charge is -2.20. The molecule has 2 nitrogen and oxygen atoms in total. The van der Waals surface area contributed by atoms with Crippen LogP contribution in [0.4, 0.5) is 0 Å². The van der Waals surface area contributed by atoms with Crippen LogP contribution in [0.3, 0.4) is 0 Å². The van der Waals surface area contributed by atoms with E-state index in [1.807, 2.05) is 43.0 Å². The second-order valence-corrected chi connectivity index (χ2v) is 5.78. The Morgan fingerprint density at radius 1 is 1.38 bits per heavy atom. The van der Waals surface area contributed by atoms with Crippen LogP contribution in [-0.2, 0) is 5.75 Å². The Morgan fingerprint density at radius 2 is 2.00 bits per heavy atom. The average molecular weight is 260 g/mol. The Bertz CT molecular complexity index is 313. The van der Waals surface area contributed by atoms with Gasteiger partial charge in [0, 0.05) is 16.3 Å². The van der Waals surface area contributed by atoms with Gasteiger partial charge in [0.05, 0.1) is 6.61 Å². The van der Waals surface area contributed by atoms with E-state index >= 15 is 0 Å². The molecule has 0 bridgehead atoms. The van der Waals surface area contributed by atoms with Gasteiger partial charge in [0.1, 0.15) is 0 Å². The van der Waals surface area contributed by atoms with Crippen LogP contribution in [0.2, 0.25) is 5.02 Å². The van der Waals surface area contributed by atoms with Gasteiger partial charge >= 0.3 is 0 Å². The Labute approximate surface area is 106 Å². The number of aliphatic hydroxyl groups is 1. The van der Waals surface area contributed by atoms with Crippen LogP contribution in [-0.4, -0.2) is 23.0 Å². The maximum atomic E-state index is 8.99. The molecule has 16 heavy (non-hydrogen) atoms. The zero-order chi connectivity index (χ0) is 12.0. The second kappa shape index (κ2) is 6.50. The Morgan fingerprint density at radius 3 is 2.56 bits per heavy atom. The van der Waals surface area contributed by atoms with Gasteiger partial charge in [-0.1, -0.05) is 23.7 Å². The SMILES string of the molecule is CC(N)(CO)CCSCc1ccc(Cl)cc1. The van der Waals surface area contributed by atoms with E-state index < -0.39 is 5.54 Å². The summed E-state index contributed by atoms with van der Waals surface area (Å²) in [6.07, 6.45) is 0.821. The van der Waals surface area contributed by atoms with Crippen molar-refractivity contribution in [3.63, 3.8) is 0 Å². The minimum atomic E-state index is -0.451. The standard InChI is InChI=1S/C12H18ClNOS/c1-12(14,9-15)6-7-16-8-10-2-4-11(13)5-3-10/h2-5,15H,6-9,14H2,1H3. The Balaban J connectivity index is 2.23. The Hall–Kier alpha value is -0.220. The highest BCUT2D eigenvalue weighted by molar-refractivity contribution is 7.98. The molecule has 0 spiro atoms. The van der Waals surface area contributed by atoms with Crippen molar-refractivity contribution in [1.29, 1.82) is 0 Å². The normalized spacial score (nSPS) is 14.8. The highest BCUT2D eigenvalue weighted by Gasteiger charge is 2.15. The molecule has 0 aliphatic heterocycles. The maximum absolute atomic E-state index is 8.99. The van der Waals surface area contributed by atoms with Gasteiger partial charge in [0.25, 0.3) is 0 Å². The quantitative estimate of drug-likeness (QED) is 0.772. The molecule has 0 fully saturated rings. The molecule has 1 atom stereocenters. The number of aliphatic hydroxyl groups excluding tert-OH is 1. The van der Waals surface area contributed by atoms with E-state index in [9.17, 15) is 0 Å². The van der Waals surface area contributed by atoms with Crippen molar-refractivity contribution in [2.75, 3.05) is 12.4 Å². The van der Waals surface area contributed by atoms with Crippen molar-refractivity contribution in [1.82, 2.24) is 0 Å². The van der Waals surface area contributed by atoms with Gasteiger partial charge in [-0.2, -0.15) is 11.8 Å². The van der Waals surface area contributed by atoms with Crippen molar-refractivity contribution < 1.29 is 5.11 Å². The van der Waals surface area contributed by atoms with E-state index in [2.05, 4.69) is 0 Å². The molecule has 0 amide bonds. The van der Waals surface area contributed by atoms with Gasteiger partial charge in [0.15, 0.2) is 0 Å². The van der Waals surface area contributed by atoms with E-state index in [4.69, 9.17) is 22.4 Å². The molecule has 0 aliphatic rings. The van der Waals surface area contributed by atoms with E-state index in [0.29, 0.717) is 0 Å². The van der Waals surface area contributed by atoms with Gasteiger partial charge in [-0.3, -0.25) is 0 Å². The predicted octanol–water partition coefficient (Wildman–Crippen LogP) is 2.67. The summed E-state index contributed by atoms with van der Waals surface area (Å²) in [7, 11) is 0. The van der Waals surface area contributed by atoms with Gasteiger partial charge in [-0.15, -0.1) is 0 Å². The number of hydrogen-bond acceptors (Lipinski definition) is 3. The molecule has 0 aromatic heterocycles. The summed E-state index contributed by atoms with van der Waals surface area (Å²) in [5, 5.41) is 9.76. The van der Waals surface area contributed by atoms with E-state index in [-0.39, 0.29) is 6.61 Å². The highest BCUT2D eigenvalue weighted by Crippen LogP contribution is 2.18. The minimum Gasteiger partial charge on any atom is -0.394 e. The average Bonchev–Trinajstić information content (AvgIpc) is 2.27. The first-order valence-electron chi connectivity index (χ1n) is 5.25. The van der Waals surface area contributed by atoms with Gasteiger partial charge < -0.3 is 10.8 Å². The molecule has 1 aromatic carbocycles. The van der Waals surface area contributed by atoms with E-state index in [1.54, 1.807) is 0 Å². The molecule has 1 rings (SSSR count). The molecule has 0 radical (unpaired) electrons. The van der Waals surface area contributed by atoms with Crippen LogP contribution in [0, 0.1) is 0 Å². The topological polar surface area (TPSA) is 46.2 Å². The fourth-order valence-electron chi connectivity index (χ4n) is 1.16. The van der Waals surface area contributed by atoms with Gasteiger partial charge in [-0.05, 0) is 36.8 Å². The molecule has 0 aliphatic carbocycles. The first-order valence-corrected chi connectivity index (χ1v) is 6.79. The van der Waals surface area contributed by atoms with Crippen molar-refractivity contribution in [3.05, 3.63) is 34.9 Å². The number of halogens is 1. The summed E-state index contributed by atoms with van der Waals surface area (Å²) in [6.45, 7) is 1.91. The van der Waals surface area contributed by atoms with E-state index in [1.165, 1.54) is 5.56 Å². The van der Waals surface area contributed by atoms with Crippen LogP contribution in [0.5, 0.6) is 0 Å². The number of thioether (sulfide) groups is 1. The van der Waals surface area contributed by atoms with Crippen LogP contribution in [0.15, 0.2) is 24.3 Å². The minimum absolute atomic E-state index is 0.0362. The fourth-order valence-corrected chi connectivity index (χ4v) is 2.46. The number of nitrogens with two attached hydrogens (primary N) is 1. The van der Waals surface area contributed by atoms with Crippen molar-refractivity contribution in [3.8, 4) is 0 Å². The molecule has 3 N–H and O–H groups in total. The molecular formula is C12H18ClNOS. The zero-order valence-electron chi connectivity index (χ0n) is 9.45. The zero-order valence-corrected chi connectivity index (χ0v) is 11.0. The molecule has 4 heteroatoms. The number of rotatable bonds is 6.